The van der Waals surface area contributed by atoms with Crippen LogP contribution in [0.15, 0.2) is 59.3 Å². The van der Waals surface area contributed by atoms with E-state index in [1.165, 1.54) is 69.6 Å². The van der Waals surface area contributed by atoms with Crippen LogP contribution in [-0.4, -0.2) is 0 Å². The highest BCUT2D eigenvalue weighted by Crippen LogP contribution is 2.49. The quantitative estimate of drug-likeness (QED) is 0.160. The van der Waals surface area contributed by atoms with Crippen molar-refractivity contribution in [2.45, 2.75) is 53.4 Å². The molecule has 8 aromatic rings. The Labute approximate surface area is 270 Å². The van der Waals surface area contributed by atoms with Crippen LogP contribution in [0.3, 0.4) is 0 Å². The fourth-order valence-corrected chi connectivity index (χ4v) is 13.6. The summed E-state index contributed by atoms with van der Waals surface area (Å²) in [7, 11) is 0. The zero-order valence-electron chi connectivity index (χ0n) is 24.1. The maximum absolute atomic E-state index is 2.46. The van der Waals surface area contributed by atoms with E-state index in [0.717, 1.165) is 25.7 Å². The minimum absolute atomic E-state index is 1.09. The van der Waals surface area contributed by atoms with Crippen molar-refractivity contribution in [2.75, 3.05) is 0 Å². The first kappa shape index (κ1) is 27.2. The average molecular weight is 655 g/mol. The minimum atomic E-state index is 1.09. The monoisotopic (exact) mass is 654 g/mol. The van der Waals surface area contributed by atoms with E-state index in [1.54, 1.807) is 22.3 Å². The third kappa shape index (κ3) is 4.06. The van der Waals surface area contributed by atoms with Gasteiger partial charge in [-0.15, -0.1) is 68.0 Å². The Kier molecular flexibility index (Phi) is 6.93. The van der Waals surface area contributed by atoms with E-state index in [-0.39, 0.29) is 0 Å². The Hall–Kier alpha value is -2.32. The highest BCUT2D eigenvalue weighted by molar-refractivity contribution is 7.30. The van der Waals surface area contributed by atoms with Crippen molar-refractivity contribution >= 4 is 108 Å². The van der Waals surface area contributed by atoms with Crippen LogP contribution in [0.25, 0.3) is 69.6 Å². The van der Waals surface area contributed by atoms with Gasteiger partial charge in [0.2, 0.25) is 0 Å². The molecule has 0 atom stereocenters. The second-order valence-corrected chi connectivity index (χ2v) is 16.8. The first-order chi connectivity index (χ1) is 20.6. The molecule has 0 saturated carbocycles. The van der Waals surface area contributed by atoms with Gasteiger partial charge in [-0.3, -0.25) is 0 Å². The molecule has 0 fully saturated rings. The molecule has 6 heteroatoms. The maximum Gasteiger partial charge on any atom is 0.0455 e. The smallest absolute Gasteiger partial charge is 0.0455 e. The summed E-state index contributed by atoms with van der Waals surface area (Å²) < 4.78 is 5.96. The van der Waals surface area contributed by atoms with Gasteiger partial charge >= 0.3 is 0 Å². The molecule has 0 nitrogen and oxygen atoms in total. The van der Waals surface area contributed by atoms with Crippen LogP contribution in [0.1, 0.15) is 49.9 Å². The SMILES string of the molecule is CCc1c(CC)c2sc(-c3ccc(-c4ccc(-c5cc6c(s5)c(CC)c(CC)c5sccc56)s4)s3)cc2c2ccsc12. The van der Waals surface area contributed by atoms with Gasteiger partial charge in [0, 0.05) is 69.6 Å². The summed E-state index contributed by atoms with van der Waals surface area (Å²) in [6, 6.07) is 18.9. The van der Waals surface area contributed by atoms with Gasteiger partial charge < -0.3 is 0 Å². The van der Waals surface area contributed by atoms with E-state index < -0.39 is 0 Å². The highest BCUT2D eigenvalue weighted by Gasteiger charge is 2.20. The molecule has 0 bridgehead atoms. The number of benzene rings is 2. The van der Waals surface area contributed by atoms with E-state index in [1.807, 2.05) is 68.0 Å². The van der Waals surface area contributed by atoms with E-state index >= 15 is 0 Å². The Balaban J connectivity index is 1.18. The van der Waals surface area contributed by atoms with Crippen LogP contribution in [0.4, 0.5) is 0 Å². The zero-order chi connectivity index (χ0) is 28.5. The van der Waals surface area contributed by atoms with Crippen LogP contribution < -0.4 is 0 Å². The van der Waals surface area contributed by atoms with Crippen LogP contribution in [-0.2, 0) is 25.7 Å². The zero-order valence-corrected chi connectivity index (χ0v) is 29.0. The molecule has 0 N–H and O–H groups in total. The van der Waals surface area contributed by atoms with Gasteiger partial charge in [-0.2, -0.15) is 0 Å². The molecule has 8 rings (SSSR count). The molecular formula is C36H30S6. The van der Waals surface area contributed by atoms with Crippen molar-refractivity contribution in [3.05, 3.63) is 81.5 Å². The Morgan fingerprint density at radius 1 is 0.381 bits per heavy atom. The lowest BCUT2D eigenvalue weighted by atomic mass is 9.98. The molecule has 2 aromatic carbocycles. The maximum atomic E-state index is 2.46. The molecule has 0 aliphatic rings. The van der Waals surface area contributed by atoms with Gasteiger partial charge in [0.1, 0.15) is 0 Å². The number of aryl methyl sites for hydroxylation is 4. The lowest BCUT2D eigenvalue weighted by Crippen LogP contribution is -1.91. The fraction of sp³-hybridized carbons (Fsp3) is 0.222. The van der Waals surface area contributed by atoms with Crippen molar-refractivity contribution < 1.29 is 0 Å². The van der Waals surface area contributed by atoms with Crippen LogP contribution in [0.2, 0.25) is 0 Å². The summed E-state index contributed by atoms with van der Waals surface area (Å²) in [5.74, 6) is 0. The van der Waals surface area contributed by atoms with Gasteiger partial charge in [-0.1, -0.05) is 27.7 Å². The summed E-state index contributed by atoms with van der Waals surface area (Å²) in [4.78, 5) is 8.30. The molecule has 0 unspecified atom stereocenters. The van der Waals surface area contributed by atoms with Crippen molar-refractivity contribution in [1.82, 2.24) is 0 Å². The molecule has 42 heavy (non-hydrogen) atoms. The van der Waals surface area contributed by atoms with Crippen LogP contribution >= 0.6 is 68.0 Å². The molecule has 0 saturated heterocycles. The predicted molar refractivity (Wildman–Crippen MR) is 198 cm³/mol. The van der Waals surface area contributed by atoms with Crippen LogP contribution in [0, 0.1) is 0 Å². The number of thiophene rings is 6. The van der Waals surface area contributed by atoms with E-state index in [2.05, 4.69) is 87.0 Å². The van der Waals surface area contributed by atoms with Gasteiger partial charge in [0.25, 0.3) is 0 Å². The largest absolute Gasteiger partial charge is 0.143 e. The molecule has 6 aromatic heterocycles. The minimum Gasteiger partial charge on any atom is -0.143 e. The summed E-state index contributed by atoms with van der Waals surface area (Å²) in [5, 5.41) is 10.3. The van der Waals surface area contributed by atoms with E-state index in [4.69, 9.17) is 0 Å². The number of hydrogen-bond donors (Lipinski definition) is 0. The third-order valence-electron chi connectivity index (χ3n) is 8.55. The summed E-state index contributed by atoms with van der Waals surface area (Å²) in [6.07, 6.45) is 4.39. The molecule has 0 aliphatic heterocycles. The fourth-order valence-electron chi connectivity index (χ4n) is 6.63. The molecule has 0 radical (unpaired) electrons. The molecule has 210 valence electrons. The van der Waals surface area contributed by atoms with E-state index in [0.29, 0.717) is 0 Å². The average Bonchev–Trinajstić information content (AvgIpc) is 3.84. The molecule has 0 spiro atoms. The first-order valence-corrected chi connectivity index (χ1v) is 19.8. The number of fused-ring (bicyclic) bond motifs is 6. The van der Waals surface area contributed by atoms with Crippen molar-refractivity contribution in [1.29, 1.82) is 0 Å². The Bertz CT molecular complexity index is 2090. The van der Waals surface area contributed by atoms with Gasteiger partial charge in [-0.25, -0.2) is 0 Å². The normalized spacial score (nSPS) is 12.2. The first-order valence-electron chi connectivity index (χ1n) is 14.7. The van der Waals surface area contributed by atoms with E-state index in [9.17, 15) is 0 Å². The second kappa shape index (κ2) is 10.7. The third-order valence-corrected chi connectivity index (χ3v) is 15.7. The Morgan fingerprint density at radius 2 is 0.738 bits per heavy atom. The standard InChI is InChI=1S/C36H30S6/c1-5-19-21(7-3)35-25(23-13-15-37-33(19)23)17-31(41-35)29-11-9-27(39-29)28-10-12-30(40-28)32-18-26-24-14-16-38-34(24)20(6-2)22(8-4)36(26)42-32/h9-18H,5-8H2,1-4H3. The Morgan fingerprint density at radius 3 is 1.12 bits per heavy atom. The lowest BCUT2D eigenvalue weighted by Gasteiger charge is -2.09. The van der Waals surface area contributed by atoms with Crippen LogP contribution in [0.5, 0.6) is 0 Å². The number of hydrogen-bond acceptors (Lipinski definition) is 6. The molecule has 0 aliphatic carbocycles. The summed E-state index contributed by atoms with van der Waals surface area (Å²) in [5.41, 5.74) is 6.22. The summed E-state index contributed by atoms with van der Waals surface area (Å²) >= 11 is 11.7. The highest BCUT2D eigenvalue weighted by atomic mass is 32.1. The predicted octanol–water partition coefficient (Wildman–Crippen LogP) is 13.9. The van der Waals surface area contributed by atoms with Crippen molar-refractivity contribution in [2.24, 2.45) is 0 Å². The lowest BCUT2D eigenvalue weighted by molar-refractivity contribution is 1.07. The van der Waals surface area contributed by atoms with Gasteiger partial charge in [0.05, 0.1) is 0 Å². The topological polar surface area (TPSA) is 0 Å². The second-order valence-electron chi connectivity index (χ2n) is 10.7. The molecular weight excluding hydrogens is 625 g/mol. The number of rotatable bonds is 7. The summed E-state index contributed by atoms with van der Waals surface area (Å²) in [6.45, 7) is 9.24. The van der Waals surface area contributed by atoms with Crippen molar-refractivity contribution in [3.8, 4) is 29.3 Å². The van der Waals surface area contributed by atoms with Gasteiger partial charge in [0.15, 0.2) is 0 Å². The van der Waals surface area contributed by atoms with Crippen molar-refractivity contribution in [3.63, 3.8) is 0 Å². The molecule has 6 heterocycles. The van der Waals surface area contributed by atoms with Gasteiger partial charge in [-0.05, 0) is 107 Å². The molecule has 0 amide bonds.